The van der Waals surface area contributed by atoms with Crippen molar-refractivity contribution in [2.45, 2.75) is 70.9 Å². The van der Waals surface area contributed by atoms with Crippen molar-refractivity contribution < 1.29 is 9.26 Å². The molecule has 1 aliphatic rings. The molecule has 1 aromatic rings. The van der Waals surface area contributed by atoms with Gasteiger partial charge in [0, 0.05) is 12.6 Å². The van der Waals surface area contributed by atoms with E-state index in [0.717, 1.165) is 19.3 Å². The zero-order valence-electron chi connectivity index (χ0n) is 13.1. The summed E-state index contributed by atoms with van der Waals surface area (Å²) in [6.07, 6.45) is 4.33. The first-order valence-corrected chi connectivity index (χ1v) is 7.72. The van der Waals surface area contributed by atoms with Gasteiger partial charge in [0.25, 0.3) is 0 Å². The van der Waals surface area contributed by atoms with Gasteiger partial charge in [0.1, 0.15) is 5.60 Å². The molecule has 0 bridgehead atoms. The first kappa shape index (κ1) is 15.4. The fraction of sp³-hybridized carbons (Fsp3) is 0.867. The Hall–Kier alpha value is -0.940. The molecule has 1 heterocycles. The van der Waals surface area contributed by atoms with E-state index in [2.05, 4.69) is 17.1 Å². The molecular weight excluding hydrogens is 254 g/mol. The van der Waals surface area contributed by atoms with Crippen LogP contribution in [0.25, 0.3) is 0 Å². The monoisotopic (exact) mass is 281 g/mol. The largest absolute Gasteiger partial charge is 0.367 e. The zero-order chi connectivity index (χ0) is 14.8. The lowest BCUT2D eigenvalue weighted by Crippen LogP contribution is -2.36. The summed E-state index contributed by atoms with van der Waals surface area (Å²) in [5.41, 5.74) is 5.54. The van der Waals surface area contributed by atoms with Crippen LogP contribution in [-0.4, -0.2) is 22.8 Å². The van der Waals surface area contributed by atoms with Crippen LogP contribution >= 0.6 is 0 Å². The van der Waals surface area contributed by atoms with E-state index in [1.807, 2.05) is 20.8 Å². The van der Waals surface area contributed by atoms with E-state index in [1.54, 1.807) is 0 Å². The average molecular weight is 281 g/mol. The maximum Gasteiger partial charge on any atom is 0.231 e. The first-order chi connectivity index (χ1) is 9.48. The molecule has 0 aliphatic heterocycles. The molecule has 0 amide bonds. The summed E-state index contributed by atoms with van der Waals surface area (Å²) in [5.74, 6) is 2.01. The van der Waals surface area contributed by atoms with E-state index in [1.165, 1.54) is 6.42 Å². The van der Waals surface area contributed by atoms with Gasteiger partial charge < -0.3 is 15.0 Å². The Morgan fingerprint density at radius 2 is 2.25 bits per heavy atom. The number of nitrogens with zero attached hydrogens (tertiary/aromatic N) is 2. The number of hydrogen-bond acceptors (Lipinski definition) is 5. The second-order valence-electron chi connectivity index (χ2n) is 6.23. The van der Waals surface area contributed by atoms with E-state index in [4.69, 9.17) is 15.0 Å². The maximum atomic E-state index is 6.06. The average Bonchev–Trinajstić information content (AvgIpc) is 2.88. The minimum Gasteiger partial charge on any atom is -0.367 e. The van der Waals surface area contributed by atoms with Crippen LogP contribution < -0.4 is 5.73 Å². The van der Waals surface area contributed by atoms with Crippen molar-refractivity contribution in [2.24, 2.45) is 11.7 Å². The van der Waals surface area contributed by atoms with Gasteiger partial charge >= 0.3 is 0 Å². The van der Waals surface area contributed by atoms with E-state index in [0.29, 0.717) is 24.2 Å². The van der Waals surface area contributed by atoms with Gasteiger partial charge in [-0.3, -0.25) is 0 Å². The first-order valence-electron chi connectivity index (χ1n) is 7.72. The molecule has 0 saturated heterocycles. The van der Waals surface area contributed by atoms with E-state index >= 15 is 0 Å². The zero-order valence-corrected chi connectivity index (χ0v) is 13.1. The molecule has 0 radical (unpaired) electrons. The highest BCUT2D eigenvalue weighted by molar-refractivity contribution is 5.06. The number of aromatic nitrogens is 2. The third kappa shape index (κ3) is 3.04. The maximum absolute atomic E-state index is 6.06. The summed E-state index contributed by atoms with van der Waals surface area (Å²) in [7, 11) is 0. The molecule has 4 atom stereocenters. The number of hydrogen-bond donors (Lipinski definition) is 1. The quantitative estimate of drug-likeness (QED) is 0.898. The molecule has 2 N–H and O–H groups in total. The second kappa shape index (κ2) is 6.22. The second-order valence-corrected chi connectivity index (χ2v) is 6.23. The summed E-state index contributed by atoms with van der Waals surface area (Å²) in [4.78, 5) is 4.60. The van der Waals surface area contributed by atoms with E-state index in [9.17, 15) is 0 Å². The molecule has 0 spiro atoms. The van der Waals surface area contributed by atoms with Crippen LogP contribution in [0.1, 0.15) is 71.0 Å². The summed E-state index contributed by atoms with van der Waals surface area (Å²) in [6.45, 7) is 8.92. The molecular formula is C15H27N3O2. The molecule has 114 valence electrons. The van der Waals surface area contributed by atoms with Gasteiger partial charge in [-0.2, -0.15) is 4.98 Å². The van der Waals surface area contributed by atoms with Gasteiger partial charge in [0.05, 0.1) is 5.92 Å². The SMILES string of the molecule is CCOC1(c2noc(C(C)C(C)N)n2)CCCC(C)C1. The van der Waals surface area contributed by atoms with Crippen LogP contribution in [0.15, 0.2) is 4.52 Å². The van der Waals surface area contributed by atoms with Crippen molar-refractivity contribution in [2.75, 3.05) is 6.61 Å². The molecule has 1 aliphatic carbocycles. The van der Waals surface area contributed by atoms with Crippen molar-refractivity contribution in [1.29, 1.82) is 0 Å². The highest BCUT2D eigenvalue weighted by Gasteiger charge is 2.41. The molecule has 1 saturated carbocycles. The summed E-state index contributed by atoms with van der Waals surface area (Å²) < 4.78 is 11.5. The summed E-state index contributed by atoms with van der Waals surface area (Å²) in [6, 6.07) is -0.00313. The highest BCUT2D eigenvalue weighted by atomic mass is 16.5. The standard InChI is InChI=1S/C15H27N3O2/c1-5-19-15(8-6-7-10(2)9-15)14-17-13(20-18-14)11(3)12(4)16/h10-12H,5-9,16H2,1-4H3. The highest BCUT2D eigenvalue weighted by Crippen LogP contribution is 2.42. The van der Waals surface area contributed by atoms with Gasteiger partial charge in [-0.1, -0.05) is 25.4 Å². The van der Waals surface area contributed by atoms with Crippen LogP contribution in [0, 0.1) is 5.92 Å². The molecule has 0 aromatic carbocycles. The predicted octanol–water partition coefficient (Wildman–Crippen LogP) is 2.96. The minimum atomic E-state index is -0.369. The Morgan fingerprint density at radius 1 is 1.50 bits per heavy atom. The Kier molecular flexibility index (Phi) is 4.81. The van der Waals surface area contributed by atoms with E-state index < -0.39 is 0 Å². The lowest BCUT2D eigenvalue weighted by molar-refractivity contribution is -0.0891. The van der Waals surface area contributed by atoms with Crippen molar-refractivity contribution in [1.82, 2.24) is 10.1 Å². The van der Waals surface area contributed by atoms with Crippen LogP contribution in [0.4, 0.5) is 0 Å². The van der Waals surface area contributed by atoms with Crippen molar-refractivity contribution >= 4 is 0 Å². The van der Waals surface area contributed by atoms with Crippen LogP contribution in [0.2, 0.25) is 0 Å². The predicted molar refractivity (Wildman–Crippen MR) is 77.3 cm³/mol. The minimum absolute atomic E-state index is 0.00313. The number of nitrogens with two attached hydrogens (primary N) is 1. The number of rotatable bonds is 5. The van der Waals surface area contributed by atoms with Crippen molar-refractivity contribution in [3.63, 3.8) is 0 Å². The van der Waals surface area contributed by atoms with Crippen LogP contribution in [0.5, 0.6) is 0 Å². The van der Waals surface area contributed by atoms with Gasteiger partial charge in [0.15, 0.2) is 0 Å². The normalized spacial score (nSPS) is 30.1. The van der Waals surface area contributed by atoms with Crippen LogP contribution in [-0.2, 0) is 10.3 Å². The molecule has 4 unspecified atom stereocenters. The van der Waals surface area contributed by atoms with Gasteiger partial charge in [0.2, 0.25) is 11.7 Å². The van der Waals surface area contributed by atoms with Crippen LogP contribution in [0.3, 0.4) is 0 Å². The Morgan fingerprint density at radius 3 is 2.85 bits per heavy atom. The topological polar surface area (TPSA) is 74.2 Å². The Labute approximate surface area is 121 Å². The van der Waals surface area contributed by atoms with Gasteiger partial charge in [-0.15, -0.1) is 0 Å². The number of ether oxygens (including phenoxy) is 1. The summed E-state index contributed by atoms with van der Waals surface area (Å²) >= 11 is 0. The molecule has 2 rings (SSSR count). The third-order valence-corrected chi connectivity index (χ3v) is 4.40. The van der Waals surface area contributed by atoms with Gasteiger partial charge in [-0.25, -0.2) is 0 Å². The Bertz CT molecular complexity index is 429. The molecule has 1 aromatic heterocycles. The van der Waals surface area contributed by atoms with E-state index in [-0.39, 0.29) is 17.6 Å². The van der Waals surface area contributed by atoms with Gasteiger partial charge in [-0.05, 0) is 39.0 Å². The Balaban J connectivity index is 2.26. The van der Waals surface area contributed by atoms with Crippen molar-refractivity contribution in [3.8, 4) is 0 Å². The fourth-order valence-corrected chi connectivity index (χ4v) is 3.01. The lowest BCUT2D eigenvalue weighted by Gasteiger charge is -2.37. The molecule has 1 fully saturated rings. The third-order valence-electron chi connectivity index (χ3n) is 4.40. The smallest absolute Gasteiger partial charge is 0.231 e. The van der Waals surface area contributed by atoms with Crippen molar-refractivity contribution in [3.05, 3.63) is 11.7 Å². The fourth-order valence-electron chi connectivity index (χ4n) is 3.01. The molecule has 5 heteroatoms. The molecule has 5 nitrogen and oxygen atoms in total. The summed E-state index contributed by atoms with van der Waals surface area (Å²) in [5, 5.41) is 4.20. The molecule has 20 heavy (non-hydrogen) atoms. The lowest BCUT2D eigenvalue weighted by atomic mass is 9.78.